The molecule has 4 nitrogen and oxygen atoms in total. The topological polar surface area (TPSA) is 36.9 Å². The summed E-state index contributed by atoms with van der Waals surface area (Å²) in [5, 5.41) is 0. The average Bonchev–Trinajstić information content (AvgIpc) is 2.77. The number of ether oxygens (including phenoxy) is 2. The maximum Gasteiger partial charge on any atom is 0.416 e. The van der Waals surface area contributed by atoms with Gasteiger partial charge in [-0.15, -0.1) is 0 Å². The monoisotopic (exact) mass is 458 g/mol. The first-order valence-corrected chi connectivity index (χ1v) is 16.1. The van der Waals surface area contributed by atoms with Gasteiger partial charge in [-0.25, -0.2) is 0 Å². The molecule has 1 unspecified atom stereocenters. The van der Waals surface area contributed by atoms with Crippen molar-refractivity contribution in [1.82, 2.24) is 0 Å². The van der Waals surface area contributed by atoms with E-state index in [2.05, 4.69) is 41.5 Å². The molecule has 0 aromatic carbocycles. The molecule has 3 atom stereocenters. The van der Waals surface area contributed by atoms with Crippen molar-refractivity contribution >= 4 is 16.6 Å². The minimum atomic E-state index is -4.55. The molecule has 0 aromatic rings. The van der Waals surface area contributed by atoms with Crippen LogP contribution in [-0.4, -0.2) is 53.5 Å². The number of halogens is 3. The molecule has 174 valence electrons. The molecule has 0 N–H and O–H groups in total. The van der Waals surface area contributed by atoms with Crippen LogP contribution in [0, 0.1) is 0 Å². The molecule has 0 amide bonds. The Morgan fingerprint density at radius 3 is 1.69 bits per heavy atom. The maximum absolute atomic E-state index is 13.9. The van der Waals surface area contributed by atoms with E-state index >= 15 is 0 Å². The van der Waals surface area contributed by atoms with E-state index in [1.165, 1.54) is 0 Å². The second-order valence-electron chi connectivity index (χ2n) is 10.5. The Morgan fingerprint density at radius 1 is 0.897 bits per heavy atom. The van der Waals surface area contributed by atoms with Crippen LogP contribution in [-0.2, 0) is 18.3 Å². The van der Waals surface area contributed by atoms with Gasteiger partial charge in [0.15, 0.2) is 28.5 Å². The lowest BCUT2D eigenvalue weighted by atomic mass is 10.1. The van der Waals surface area contributed by atoms with Crippen LogP contribution in [0.1, 0.15) is 55.4 Å². The van der Waals surface area contributed by atoms with Gasteiger partial charge < -0.3 is 18.3 Å². The number of hydrogen-bond acceptors (Lipinski definition) is 4. The molecule has 0 aliphatic carbocycles. The van der Waals surface area contributed by atoms with Crippen molar-refractivity contribution in [2.75, 3.05) is 6.61 Å². The average molecular weight is 459 g/mol. The molecule has 0 bridgehead atoms. The summed E-state index contributed by atoms with van der Waals surface area (Å²) in [6, 6.07) is 0. The summed E-state index contributed by atoms with van der Waals surface area (Å²) in [5.41, 5.74) is 0.980. The van der Waals surface area contributed by atoms with Crippen molar-refractivity contribution in [3.8, 4) is 0 Å². The fraction of sp³-hybridized carbons (Fsp3) is 1.00. The highest BCUT2D eigenvalue weighted by Gasteiger charge is 2.57. The standard InChI is InChI=1S/C20H41F3O4Si2/c1-13(2)29(14(3)4,15(5)6)24-12-16-17(26-19(7,8)25-16)18(20(21,22)23)27-28(9,10)11/h13-18H,12H2,1-11H3/t16-,17+,18?/m1/s1. The van der Waals surface area contributed by atoms with Crippen molar-refractivity contribution in [1.29, 1.82) is 0 Å². The van der Waals surface area contributed by atoms with E-state index < -0.39 is 46.9 Å². The van der Waals surface area contributed by atoms with Crippen LogP contribution in [0.2, 0.25) is 36.3 Å². The number of alkyl halides is 3. The number of rotatable bonds is 9. The molecule has 1 saturated heterocycles. The maximum atomic E-state index is 13.9. The number of hydrogen-bond donors (Lipinski definition) is 0. The van der Waals surface area contributed by atoms with Crippen LogP contribution in [0.5, 0.6) is 0 Å². The summed E-state index contributed by atoms with van der Waals surface area (Å²) in [6.07, 6.45) is -8.67. The van der Waals surface area contributed by atoms with Gasteiger partial charge >= 0.3 is 6.18 Å². The quantitative estimate of drug-likeness (QED) is 0.371. The molecule has 0 aromatic heterocycles. The van der Waals surface area contributed by atoms with E-state index in [-0.39, 0.29) is 6.61 Å². The Hall–Kier alpha value is 0.0638. The molecular weight excluding hydrogens is 417 g/mol. The smallest absolute Gasteiger partial charge is 0.413 e. The second kappa shape index (κ2) is 9.28. The lowest BCUT2D eigenvalue weighted by Gasteiger charge is -2.43. The first-order chi connectivity index (χ1) is 12.8. The molecule has 9 heteroatoms. The van der Waals surface area contributed by atoms with Crippen LogP contribution in [0.15, 0.2) is 0 Å². The first kappa shape index (κ1) is 27.1. The van der Waals surface area contributed by atoms with Crippen molar-refractivity contribution in [2.24, 2.45) is 0 Å². The molecule has 1 aliphatic heterocycles. The third kappa shape index (κ3) is 6.77. The lowest BCUT2D eigenvalue weighted by Crippen LogP contribution is -2.54. The van der Waals surface area contributed by atoms with Gasteiger partial charge in [-0.2, -0.15) is 13.2 Å². The highest BCUT2D eigenvalue weighted by atomic mass is 28.4. The molecule has 1 heterocycles. The Kier molecular flexibility index (Phi) is 8.67. The van der Waals surface area contributed by atoms with Gasteiger partial charge in [0.2, 0.25) is 0 Å². The van der Waals surface area contributed by atoms with E-state index in [0.717, 1.165) is 0 Å². The fourth-order valence-corrected chi connectivity index (χ4v) is 11.2. The normalized spacial score (nSPS) is 24.7. The highest BCUT2D eigenvalue weighted by Crippen LogP contribution is 2.44. The SMILES string of the molecule is CC(C)[Si](OC[C@H]1OC(C)(C)O[C@@H]1C(O[Si](C)(C)C)C(F)(F)F)(C(C)C)C(C)C. The predicted octanol–water partition coefficient (Wildman–Crippen LogP) is 6.48. The van der Waals surface area contributed by atoms with Gasteiger partial charge in [-0.05, 0) is 50.1 Å². The third-order valence-corrected chi connectivity index (χ3v) is 12.6. The molecule has 0 radical (unpaired) electrons. The fourth-order valence-electron chi connectivity index (χ4n) is 4.68. The minimum absolute atomic E-state index is 0.0799. The van der Waals surface area contributed by atoms with Crippen LogP contribution in [0.25, 0.3) is 0 Å². The summed E-state index contributed by atoms with van der Waals surface area (Å²) < 4.78 is 65.5. The summed E-state index contributed by atoms with van der Waals surface area (Å²) in [5.74, 6) is -1.12. The van der Waals surface area contributed by atoms with E-state index in [1.54, 1.807) is 33.5 Å². The molecule has 1 fully saturated rings. The summed E-state index contributed by atoms with van der Waals surface area (Å²) in [4.78, 5) is 0. The zero-order chi connectivity index (χ0) is 23.0. The van der Waals surface area contributed by atoms with Gasteiger partial charge in [0.1, 0.15) is 12.2 Å². The molecule has 0 spiro atoms. The van der Waals surface area contributed by atoms with E-state index in [1.807, 2.05) is 0 Å². The van der Waals surface area contributed by atoms with Crippen LogP contribution < -0.4 is 0 Å². The van der Waals surface area contributed by atoms with Gasteiger partial charge in [0, 0.05) is 0 Å². The highest BCUT2D eigenvalue weighted by molar-refractivity contribution is 6.77. The van der Waals surface area contributed by atoms with E-state index in [0.29, 0.717) is 16.6 Å². The Morgan fingerprint density at radius 2 is 1.34 bits per heavy atom. The summed E-state index contributed by atoms with van der Waals surface area (Å²) in [7, 11) is -4.72. The zero-order valence-corrected chi connectivity index (χ0v) is 21.9. The summed E-state index contributed by atoms with van der Waals surface area (Å²) >= 11 is 0. The van der Waals surface area contributed by atoms with Gasteiger partial charge in [0.05, 0.1) is 6.61 Å². The predicted molar refractivity (Wildman–Crippen MR) is 115 cm³/mol. The van der Waals surface area contributed by atoms with Crippen LogP contribution >= 0.6 is 0 Å². The molecule has 1 rings (SSSR count). The molecule has 0 saturated carbocycles. The lowest BCUT2D eigenvalue weighted by molar-refractivity contribution is -0.236. The second-order valence-corrected chi connectivity index (χ2v) is 20.4. The Bertz CT molecular complexity index is 509. The van der Waals surface area contributed by atoms with Gasteiger partial charge in [-0.3, -0.25) is 0 Å². The molecular formula is C20H41F3O4Si2. The van der Waals surface area contributed by atoms with E-state index in [4.69, 9.17) is 18.3 Å². The molecule has 29 heavy (non-hydrogen) atoms. The van der Waals surface area contributed by atoms with Crippen LogP contribution in [0.4, 0.5) is 13.2 Å². The first-order valence-electron chi connectivity index (χ1n) is 10.6. The van der Waals surface area contributed by atoms with E-state index in [9.17, 15) is 13.2 Å². The van der Waals surface area contributed by atoms with Crippen LogP contribution in [0.3, 0.4) is 0 Å². The minimum Gasteiger partial charge on any atom is -0.413 e. The van der Waals surface area contributed by atoms with Crippen molar-refractivity contribution in [3.05, 3.63) is 0 Å². The van der Waals surface area contributed by atoms with Crippen molar-refractivity contribution in [2.45, 2.75) is 122 Å². The van der Waals surface area contributed by atoms with Crippen molar-refractivity contribution in [3.63, 3.8) is 0 Å². The molecule has 1 aliphatic rings. The Labute approximate surface area is 177 Å². The Balaban J connectivity index is 3.19. The van der Waals surface area contributed by atoms with Crippen molar-refractivity contribution < 1.29 is 31.5 Å². The van der Waals surface area contributed by atoms with Gasteiger partial charge in [-0.1, -0.05) is 41.5 Å². The third-order valence-electron chi connectivity index (χ3n) is 5.53. The zero-order valence-electron chi connectivity index (χ0n) is 19.9. The van der Waals surface area contributed by atoms with Gasteiger partial charge in [0.25, 0.3) is 0 Å². The largest absolute Gasteiger partial charge is 0.416 e. The summed E-state index contributed by atoms with van der Waals surface area (Å²) in [6.45, 7) is 21.5.